The van der Waals surface area contributed by atoms with Gasteiger partial charge in [-0.15, -0.1) is 0 Å². The Hall–Kier alpha value is -3.22. The lowest BCUT2D eigenvalue weighted by Crippen LogP contribution is -2.22. The summed E-state index contributed by atoms with van der Waals surface area (Å²) < 4.78 is 15.1. The molecule has 0 radical (unpaired) electrons. The van der Waals surface area contributed by atoms with Crippen molar-refractivity contribution >= 4 is 28.5 Å². The molecule has 0 aliphatic carbocycles. The summed E-state index contributed by atoms with van der Waals surface area (Å²) in [6.07, 6.45) is 0.796. The number of hydrogen-bond acceptors (Lipinski definition) is 3. The molecule has 0 spiro atoms. The van der Waals surface area contributed by atoms with Crippen LogP contribution < -0.4 is 10.6 Å². The van der Waals surface area contributed by atoms with Gasteiger partial charge in [-0.25, -0.2) is 9.37 Å². The van der Waals surface area contributed by atoms with Crippen LogP contribution in [0, 0.1) is 5.82 Å². The van der Waals surface area contributed by atoms with E-state index in [-0.39, 0.29) is 11.6 Å². The van der Waals surface area contributed by atoms with E-state index in [1.165, 1.54) is 18.2 Å². The van der Waals surface area contributed by atoms with Gasteiger partial charge in [0.2, 0.25) is 0 Å². The van der Waals surface area contributed by atoms with Gasteiger partial charge in [0.05, 0.1) is 0 Å². The molecule has 4 rings (SSSR count). The Morgan fingerprint density at radius 1 is 1.24 bits per heavy atom. The number of carbonyl (C=O) groups is 2. The fourth-order valence-electron chi connectivity index (χ4n) is 2.96. The van der Waals surface area contributed by atoms with E-state index in [4.69, 9.17) is 0 Å². The molecule has 2 aromatic heterocycles. The molecule has 0 bridgehead atoms. The van der Waals surface area contributed by atoms with Crippen LogP contribution in [0.15, 0.2) is 42.5 Å². The number of hydrogen-bond donors (Lipinski definition) is 2. The molecule has 3 aromatic rings. The minimum absolute atomic E-state index is 0.138. The van der Waals surface area contributed by atoms with Crippen LogP contribution >= 0.6 is 0 Å². The smallest absolute Gasteiger partial charge is 0.274 e. The third-order valence-electron chi connectivity index (χ3n) is 4.14. The number of aryl methyl sites for hydroxylation is 1. The molecule has 3 heterocycles. The Bertz CT molecular complexity index is 996. The summed E-state index contributed by atoms with van der Waals surface area (Å²) in [4.78, 5) is 28.9. The Labute approximate surface area is 142 Å². The first kappa shape index (κ1) is 15.3. The van der Waals surface area contributed by atoms with Gasteiger partial charge < -0.3 is 15.2 Å². The minimum Gasteiger partial charge on any atom is -0.351 e. The Kier molecular flexibility index (Phi) is 3.68. The molecule has 1 aliphatic heterocycles. The Balaban J connectivity index is 1.70. The lowest BCUT2D eigenvalue weighted by molar-refractivity contribution is 0.0950. The molecule has 2 amide bonds. The van der Waals surface area contributed by atoms with E-state index in [1.54, 1.807) is 24.3 Å². The summed E-state index contributed by atoms with van der Waals surface area (Å²) in [5, 5.41) is 6.26. The summed E-state index contributed by atoms with van der Waals surface area (Å²) in [6.45, 7) is 1.27. The van der Waals surface area contributed by atoms with Gasteiger partial charge in [-0.1, -0.05) is 6.07 Å². The maximum Gasteiger partial charge on any atom is 0.274 e. The quantitative estimate of drug-likeness (QED) is 0.754. The van der Waals surface area contributed by atoms with Gasteiger partial charge in [0.25, 0.3) is 11.8 Å². The second kappa shape index (κ2) is 6.01. The van der Waals surface area contributed by atoms with Crippen molar-refractivity contribution in [3.63, 3.8) is 0 Å². The molecular formula is C18H15FN4O2. The van der Waals surface area contributed by atoms with Crippen molar-refractivity contribution < 1.29 is 14.0 Å². The van der Waals surface area contributed by atoms with E-state index in [2.05, 4.69) is 15.6 Å². The van der Waals surface area contributed by atoms with E-state index in [9.17, 15) is 14.0 Å². The summed E-state index contributed by atoms with van der Waals surface area (Å²) in [6, 6.07) is 10.8. The van der Waals surface area contributed by atoms with Crippen molar-refractivity contribution in [1.29, 1.82) is 0 Å². The van der Waals surface area contributed by atoms with Crippen molar-refractivity contribution in [2.75, 3.05) is 11.9 Å². The minimum atomic E-state index is -0.430. The number of aromatic nitrogens is 2. The van der Waals surface area contributed by atoms with Crippen LogP contribution in [0.1, 0.15) is 27.4 Å². The predicted molar refractivity (Wildman–Crippen MR) is 91.0 cm³/mol. The molecule has 25 heavy (non-hydrogen) atoms. The zero-order chi connectivity index (χ0) is 17.4. The van der Waals surface area contributed by atoms with Crippen molar-refractivity contribution in [2.24, 2.45) is 0 Å². The third kappa shape index (κ3) is 2.84. The number of fused-ring (bicyclic) bond motifs is 3. The van der Waals surface area contributed by atoms with Gasteiger partial charge in [0.15, 0.2) is 0 Å². The number of pyridine rings is 1. The maximum atomic E-state index is 13.2. The van der Waals surface area contributed by atoms with Gasteiger partial charge in [-0.3, -0.25) is 9.59 Å². The highest BCUT2D eigenvalue weighted by Crippen LogP contribution is 2.21. The predicted octanol–water partition coefficient (Wildman–Crippen LogP) is 2.56. The molecule has 0 fully saturated rings. The summed E-state index contributed by atoms with van der Waals surface area (Å²) >= 11 is 0. The highest BCUT2D eigenvalue weighted by Gasteiger charge is 2.20. The summed E-state index contributed by atoms with van der Waals surface area (Å²) in [5.74, 6) is -0.994. The number of amides is 2. The Morgan fingerprint density at radius 3 is 2.96 bits per heavy atom. The summed E-state index contributed by atoms with van der Waals surface area (Å²) in [7, 11) is 0. The lowest BCUT2D eigenvalue weighted by Gasteiger charge is -2.07. The number of halogens is 1. The third-order valence-corrected chi connectivity index (χ3v) is 4.14. The van der Waals surface area contributed by atoms with Crippen LogP contribution in [-0.2, 0) is 6.54 Å². The van der Waals surface area contributed by atoms with Crippen molar-refractivity contribution in [2.45, 2.75) is 13.0 Å². The molecule has 1 aromatic carbocycles. The van der Waals surface area contributed by atoms with E-state index >= 15 is 0 Å². The zero-order valence-corrected chi connectivity index (χ0v) is 13.3. The van der Waals surface area contributed by atoms with Crippen molar-refractivity contribution in [3.05, 3.63) is 59.7 Å². The highest BCUT2D eigenvalue weighted by atomic mass is 19.1. The van der Waals surface area contributed by atoms with E-state index in [0.717, 1.165) is 11.8 Å². The normalized spacial score (nSPS) is 13.9. The fraction of sp³-hybridized carbons (Fsp3) is 0.167. The second-order valence-electron chi connectivity index (χ2n) is 5.86. The summed E-state index contributed by atoms with van der Waals surface area (Å²) in [5.41, 5.74) is 1.71. The average Bonchev–Trinajstić information content (AvgIpc) is 2.86. The molecular weight excluding hydrogens is 323 g/mol. The largest absolute Gasteiger partial charge is 0.351 e. The molecule has 0 unspecified atom stereocenters. The van der Waals surface area contributed by atoms with Gasteiger partial charge in [-0.2, -0.15) is 0 Å². The van der Waals surface area contributed by atoms with E-state index < -0.39 is 11.7 Å². The first-order valence-electron chi connectivity index (χ1n) is 7.97. The average molecular weight is 338 g/mol. The van der Waals surface area contributed by atoms with Gasteiger partial charge in [0.1, 0.15) is 22.9 Å². The van der Waals surface area contributed by atoms with Crippen LogP contribution in [0.4, 0.5) is 10.1 Å². The van der Waals surface area contributed by atoms with E-state index in [0.29, 0.717) is 30.1 Å². The molecule has 2 N–H and O–H groups in total. The monoisotopic (exact) mass is 338 g/mol. The fourth-order valence-corrected chi connectivity index (χ4v) is 2.96. The van der Waals surface area contributed by atoms with Crippen molar-refractivity contribution in [1.82, 2.24) is 14.9 Å². The first-order valence-corrected chi connectivity index (χ1v) is 7.97. The zero-order valence-electron chi connectivity index (χ0n) is 13.3. The number of nitrogens with one attached hydrogen (secondary N) is 2. The van der Waals surface area contributed by atoms with Crippen LogP contribution in [0.25, 0.3) is 11.0 Å². The van der Waals surface area contributed by atoms with Crippen LogP contribution in [0.3, 0.4) is 0 Å². The van der Waals surface area contributed by atoms with Gasteiger partial charge in [0, 0.05) is 24.2 Å². The lowest BCUT2D eigenvalue weighted by atomic mass is 10.2. The molecule has 7 heteroatoms. The van der Waals surface area contributed by atoms with Crippen LogP contribution in [-0.4, -0.2) is 27.9 Å². The number of benzene rings is 1. The molecule has 0 saturated carbocycles. The number of carbonyl (C=O) groups excluding carboxylic acids is 2. The molecule has 126 valence electrons. The number of anilines is 1. The highest BCUT2D eigenvalue weighted by molar-refractivity contribution is 6.04. The topological polar surface area (TPSA) is 76.0 Å². The van der Waals surface area contributed by atoms with E-state index in [1.807, 2.05) is 4.57 Å². The van der Waals surface area contributed by atoms with Crippen LogP contribution in [0.2, 0.25) is 0 Å². The molecule has 1 aliphatic rings. The van der Waals surface area contributed by atoms with Crippen LogP contribution in [0.5, 0.6) is 0 Å². The van der Waals surface area contributed by atoms with Gasteiger partial charge in [-0.05, 0) is 42.8 Å². The standard InChI is InChI=1S/C18H15FN4O2/c19-12-3-1-4-13(10-12)21-17(24)14-6-5-11-9-15-18(25)20-7-2-8-23(15)16(11)22-14/h1,3-6,9-10H,2,7-8H2,(H,20,25)(H,21,24). The Morgan fingerprint density at radius 2 is 2.12 bits per heavy atom. The van der Waals surface area contributed by atoms with Crippen molar-refractivity contribution in [3.8, 4) is 0 Å². The maximum absolute atomic E-state index is 13.2. The van der Waals surface area contributed by atoms with Gasteiger partial charge >= 0.3 is 0 Å². The first-order chi connectivity index (χ1) is 12.1. The SMILES string of the molecule is O=C(Nc1cccc(F)c1)c1ccc2cc3n(c2n1)CCCNC3=O. The number of rotatable bonds is 2. The molecule has 0 saturated heterocycles. The molecule has 0 atom stereocenters. The number of nitrogens with zero attached hydrogens (tertiary/aromatic N) is 2. The second-order valence-corrected chi connectivity index (χ2v) is 5.86. The molecule has 6 nitrogen and oxygen atoms in total.